The van der Waals surface area contributed by atoms with Crippen molar-refractivity contribution in [2.75, 3.05) is 0 Å². The molecule has 2 aromatic carbocycles. The number of nitro benzene ring substituents is 1. The number of carbonyl (C=O) groups is 2. The van der Waals surface area contributed by atoms with E-state index in [0.29, 0.717) is 5.56 Å². The smallest absolute Gasteiger partial charge is 0.428 e. The van der Waals surface area contributed by atoms with Crippen molar-refractivity contribution >= 4 is 24.0 Å². The third-order valence-corrected chi connectivity index (χ3v) is 3.15. The van der Waals surface area contributed by atoms with Crippen molar-refractivity contribution in [1.29, 1.82) is 0 Å². The first kappa shape index (κ1) is 20.6. The van der Waals surface area contributed by atoms with Gasteiger partial charge in [-0.2, -0.15) is 5.10 Å². The van der Waals surface area contributed by atoms with E-state index in [1.807, 2.05) is 0 Å². The molecule has 0 bridgehead atoms. The standard InChI is InChI=1S/C19H19N3O6/c1-19(2,3)28-18(24)21-20-12-13-5-4-6-16(11-13)27-17(23)14-7-9-15(10-8-14)22(25)26/h4-12H,1-3H3,(H,21,24). The van der Waals surface area contributed by atoms with Gasteiger partial charge in [0.1, 0.15) is 11.4 Å². The second kappa shape index (κ2) is 8.76. The van der Waals surface area contributed by atoms with Crippen molar-refractivity contribution in [2.45, 2.75) is 26.4 Å². The highest BCUT2D eigenvalue weighted by Crippen LogP contribution is 2.16. The van der Waals surface area contributed by atoms with E-state index in [0.717, 1.165) is 0 Å². The molecular formula is C19H19N3O6. The van der Waals surface area contributed by atoms with Crippen LogP contribution in [0.3, 0.4) is 0 Å². The van der Waals surface area contributed by atoms with Crippen molar-refractivity contribution in [3.63, 3.8) is 0 Å². The van der Waals surface area contributed by atoms with Gasteiger partial charge in [0.15, 0.2) is 0 Å². The molecule has 0 saturated carbocycles. The second-order valence-electron chi connectivity index (χ2n) is 6.64. The van der Waals surface area contributed by atoms with Crippen molar-refractivity contribution in [1.82, 2.24) is 5.43 Å². The average Bonchev–Trinajstić information content (AvgIpc) is 2.60. The fourth-order valence-electron chi connectivity index (χ4n) is 2.00. The van der Waals surface area contributed by atoms with E-state index in [1.54, 1.807) is 45.0 Å². The first-order valence-corrected chi connectivity index (χ1v) is 8.23. The number of non-ortho nitro benzene ring substituents is 1. The quantitative estimate of drug-likeness (QED) is 0.276. The highest BCUT2D eigenvalue weighted by Gasteiger charge is 2.15. The molecule has 1 amide bonds. The van der Waals surface area contributed by atoms with Crippen LogP contribution in [0, 0.1) is 10.1 Å². The highest BCUT2D eigenvalue weighted by atomic mass is 16.6. The summed E-state index contributed by atoms with van der Waals surface area (Å²) >= 11 is 0. The molecule has 0 atom stereocenters. The Bertz CT molecular complexity index is 901. The molecule has 0 aliphatic carbocycles. The molecule has 0 aromatic heterocycles. The number of esters is 1. The van der Waals surface area contributed by atoms with Crippen LogP contribution in [0.1, 0.15) is 36.7 Å². The van der Waals surface area contributed by atoms with E-state index < -0.39 is 22.6 Å². The molecule has 0 unspecified atom stereocenters. The summed E-state index contributed by atoms with van der Waals surface area (Å²) in [4.78, 5) is 33.8. The van der Waals surface area contributed by atoms with Gasteiger partial charge < -0.3 is 9.47 Å². The van der Waals surface area contributed by atoms with Crippen LogP contribution in [0.4, 0.5) is 10.5 Å². The summed E-state index contributed by atoms with van der Waals surface area (Å²) in [5, 5.41) is 14.4. The predicted molar refractivity (Wildman–Crippen MR) is 101 cm³/mol. The van der Waals surface area contributed by atoms with Gasteiger partial charge in [0, 0.05) is 12.1 Å². The number of nitrogens with zero attached hydrogens (tertiary/aromatic N) is 2. The third-order valence-electron chi connectivity index (χ3n) is 3.15. The normalized spacial score (nSPS) is 11.1. The fourth-order valence-corrected chi connectivity index (χ4v) is 2.00. The van der Waals surface area contributed by atoms with Gasteiger partial charge in [-0.05, 0) is 50.6 Å². The van der Waals surface area contributed by atoms with Crippen LogP contribution in [0.15, 0.2) is 53.6 Å². The molecule has 0 aliphatic heterocycles. The Morgan fingerprint density at radius 2 is 1.82 bits per heavy atom. The molecule has 9 heteroatoms. The fraction of sp³-hybridized carbons (Fsp3) is 0.211. The molecule has 0 heterocycles. The summed E-state index contributed by atoms with van der Waals surface area (Å²) in [6.07, 6.45) is 0.678. The molecule has 2 rings (SSSR count). The Kier molecular flexibility index (Phi) is 6.43. The summed E-state index contributed by atoms with van der Waals surface area (Å²) in [6, 6.07) is 11.5. The Morgan fingerprint density at radius 3 is 2.43 bits per heavy atom. The largest absolute Gasteiger partial charge is 0.443 e. The van der Waals surface area contributed by atoms with Crippen LogP contribution >= 0.6 is 0 Å². The van der Waals surface area contributed by atoms with Gasteiger partial charge in [-0.1, -0.05) is 12.1 Å². The maximum atomic E-state index is 12.1. The molecule has 0 fully saturated rings. The number of amides is 1. The molecule has 0 saturated heterocycles. The van der Waals surface area contributed by atoms with Crippen molar-refractivity contribution in [2.24, 2.45) is 5.10 Å². The minimum absolute atomic E-state index is 0.118. The number of hydrazone groups is 1. The number of ether oxygens (including phenoxy) is 2. The number of hydrogen-bond donors (Lipinski definition) is 1. The number of benzene rings is 2. The molecule has 9 nitrogen and oxygen atoms in total. The summed E-state index contributed by atoms with van der Waals surface area (Å²) < 4.78 is 10.3. The maximum Gasteiger partial charge on any atom is 0.428 e. The van der Waals surface area contributed by atoms with Crippen LogP contribution in [-0.4, -0.2) is 28.8 Å². The van der Waals surface area contributed by atoms with Gasteiger partial charge in [0.25, 0.3) is 5.69 Å². The van der Waals surface area contributed by atoms with Crippen molar-refractivity contribution < 1.29 is 24.0 Å². The SMILES string of the molecule is CC(C)(C)OC(=O)NN=Cc1cccc(OC(=O)c2ccc([N+](=O)[O-])cc2)c1. The van der Waals surface area contributed by atoms with Gasteiger partial charge in [-0.25, -0.2) is 15.0 Å². The van der Waals surface area contributed by atoms with Gasteiger partial charge in [0.2, 0.25) is 0 Å². The van der Waals surface area contributed by atoms with Crippen LogP contribution in [-0.2, 0) is 4.74 Å². The lowest BCUT2D eigenvalue weighted by molar-refractivity contribution is -0.384. The molecule has 0 spiro atoms. The van der Waals surface area contributed by atoms with Gasteiger partial charge in [-0.3, -0.25) is 10.1 Å². The summed E-state index contributed by atoms with van der Waals surface area (Å²) in [7, 11) is 0. The van der Waals surface area contributed by atoms with Crippen LogP contribution in [0.25, 0.3) is 0 Å². The molecule has 2 aromatic rings. The number of nitrogens with one attached hydrogen (secondary N) is 1. The summed E-state index contributed by atoms with van der Waals surface area (Å²) in [6.45, 7) is 5.21. The van der Waals surface area contributed by atoms with Crippen LogP contribution in [0.2, 0.25) is 0 Å². The van der Waals surface area contributed by atoms with Gasteiger partial charge >= 0.3 is 12.1 Å². The third kappa shape index (κ3) is 6.52. The van der Waals surface area contributed by atoms with E-state index in [2.05, 4.69) is 10.5 Å². The zero-order valence-corrected chi connectivity index (χ0v) is 15.5. The maximum absolute atomic E-state index is 12.1. The lowest BCUT2D eigenvalue weighted by Crippen LogP contribution is -2.29. The van der Waals surface area contributed by atoms with Gasteiger partial charge in [0.05, 0.1) is 16.7 Å². The predicted octanol–water partition coefficient (Wildman–Crippen LogP) is 3.67. The molecule has 0 radical (unpaired) electrons. The van der Waals surface area contributed by atoms with E-state index in [1.165, 1.54) is 30.5 Å². The zero-order chi connectivity index (χ0) is 20.7. The van der Waals surface area contributed by atoms with Crippen LogP contribution in [0.5, 0.6) is 5.75 Å². The summed E-state index contributed by atoms with van der Waals surface area (Å²) in [5.41, 5.74) is 2.23. The van der Waals surface area contributed by atoms with E-state index in [4.69, 9.17) is 9.47 Å². The average molecular weight is 385 g/mol. The minimum atomic E-state index is -0.690. The first-order valence-electron chi connectivity index (χ1n) is 8.23. The Labute approximate surface area is 161 Å². The lowest BCUT2D eigenvalue weighted by atomic mass is 10.2. The second-order valence-corrected chi connectivity index (χ2v) is 6.64. The number of hydrogen-bond acceptors (Lipinski definition) is 7. The number of carbonyl (C=O) groups excluding carboxylic acids is 2. The number of rotatable bonds is 5. The summed E-state index contributed by atoms with van der Waals surface area (Å²) in [5.74, 6) is -0.402. The Balaban J connectivity index is 1.98. The van der Waals surface area contributed by atoms with Crippen molar-refractivity contribution in [3.05, 3.63) is 69.8 Å². The molecule has 146 valence electrons. The van der Waals surface area contributed by atoms with E-state index in [9.17, 15) is 19.7 Å². The first-order chi connectivity index (χ1) is 13.1. The lowest BCUT2D eigenvalue weighted by Gasteiger charge is -2.18. The Hall–Kier alpha value is -3.75. The molecule has 1 N–H and O–H groups in total. The highest BCUT2D eigenvalue weighted by molar-refractivity contribution is 5.91. The van der Waals surface area contributed by atoms with E-state index >= 15 is 0 Å². The topological polar surface area (TPSA) is 120 Å². The molecular weight excluding hydrogens is 366 g/mol. The number of nitro groups is 1. The zero-order valence-electron chi connectivity index (χ0n) is 15.5. The van der Waals surface area contributed by atoms with Crippen molar-refractivity contribution in [3.8, 4) is 5.75 Å². The molecule has 28 heavy (non-hydrogen) atoms. The Morgan fingerprint density at radius 1 is 1.14 bits per heavy atom. The van der Waals surface area contributed by atoms with Gasteiger partial charge in [-0.15, -0.1) is 0 Å². The van der Waals surface area contributed by atoms with E-state index in [-0.39, 0.29) is 17.0 Å². The monoisotopic (exact) mass is 385 g/mol. The minimum Gasteiger partial charge on any atom is -0.443 e. The molecule has 0 aliphatic rings. The van der Waals surface area contributed by atoms with Crippen LogP contribution < -0.4 is 10.2 Å².